The van der Waals surface area contributed by atoms with Crippen molar-refractivity contribution in [1.29, 1.82) is 0 Å². The fourth-order valence-electron chi connectivity index (χ4n) is 1.57. The minimum atomic E-state index is 0.765. The predicted molar refractivity (Wildman–Crippen MR) is 64.8 cm³/mol. The molecule has 0 fully saturated rings. The van der Waals surface area contributed by atoms with Crippen LogP contribution in [0.15, 0.2) is 30.3 Å². The third kappa shape index (κ3) is 2.36. The number of fused-ring (bicyclic) bond motifs is 1. The molecule has 1 heterocycles. The van der Waals surface area contributed by atoms with Crippen LogP contribution in [0.4, 0.5) is 0 Å². The van der Waals surface area contributed by atoms with Gasteiger partial charge in [0.2, 0.25) is 0 Å². The highest BCUT2D eigenvalue weighted by Crippen LogP contribution is 2.10. The van der Waals surface area contributed by atoms with Crippen molar-refractivity contribution in [2.45, 2.75) is 6.42 Å². The standard InChI is InChI=1S/C12H13BN2/c1-14-7-6-11-5-3-9-2-4-10(13)8-12(9)15-11/h2-5,8,14H,6-7H2,1H3. The van der Waals surface area contributed by atoms with Gasteiger partial charge in [-0.05, 0) is 19.2 Å². The van der Waals surface area contributed by atoms with Gasteiger partial charge < -0.3 is 5.32 Å². The molecule has 15 heavy (non-hydrogen) atoms. The SMILES string of the molecule is [B]c1ccc2ccc(CCNC)nc2c1. The van der Waals surface area contributed by atoms with Gasteiger partial charge in [0.05, 0.1) is 5.52 Å². The molecule has 0 bridgehead atoms. The lowest BCUT2D eigenvalue weighted by molar-refractivity contribution is 0.779. The highest BCUT2D eigenvalue weighted by Gasteiger charge is 1.98. The van der Waals surface area contributed by atoms with Gasteiger partial charge in [-0.15, -0.1) is 0 Å². The van der Waals surface area contributed by atoms with Crippen LogP contribution >= 0.6 is 0 Å². The van der Waals surface area contributed by atoms with E-state index >= 15 is 0 Å². The lowest BCUT2D eigenvalue weighted by Crippen LogP contribution is -2.11. The second kappa shape index (κ2) is 4.45. The molecule has 0 aliphatic carbocycles. The number of rotatable bonds is 3. The Morgan fingerprint density at radius 2 is 2.07 bits per heavy atom. The van der Waals surface area contributed by atoms with E-state index in [0.29, 0.717) is 0 Å². The molecule has 0 aliphatic rings. The number of hydrogen-bond acceptors (Lipinski definition) is 2. The molecule has 2 aromatic rings. The van der Waals surface area contributed by atoms with Gasteiger partial charge >= 0.3 is 0 Å². The zero-order valence-electron chi connectivity index (χ0n) is 8.83. The van der Waals surface area contributed by atoms with Gasteiger partial charge in [0, 0.05) is 24.0 Å². The Balaban J connectivity index is 2.36. The molecule has 3 heteroatoms. The van der Waals surface area contributed by atoms with Crippen LogP contribution in [0.25, 0.3) is 10.9 Å². The summed E-state index contributed by atoms with van der Waals surface area (Å²) in [5.74, 6) is 0. The maximum Gasteiger partial charge on any atom is 0.113 e. The van der Waals surface area contributed by atoms with E-state index in [1.807, 2.05) is 25.2 Å². The van der Waals surface area contributed by atoms with Crippen molar-refractivity contribution in [3.63, 3.8) is 0 Å². The van der Waals surface area contributed by atoms with Crippen molar-refractivity contribution < 1.29 is 0 Å². The summed E-state index contributed by atoms with van der Waals surface area (Å²) in [6, 6.07) is 9.97. The maximum atomic E-state index is 5.72. The zero-order valence-corrected chi connectivity index (χ0v) is 8.83. The minimum absolute atomic E-state index is 0.765. The first-order chi connectivity index (χ1) is 7.29. The Labute approximate surface area is 91.1 Å². The minimum Gasteiger partial charge on any atom is -0.319 e. The van der Waals surface area contributed by atoms with E-state index in [9.17, 15) is 0 Å². The van der Waals surface area contributed by atoms with Gasteiger partial charge in [-0.3, -0.25) is 4.98 Å². The summed E-state index contributed by atoms with van der Waals surface area (Å²) in [4.78, 5) is 4.55. The molecule has 0 amide bonds. The lowest BCUT2D eigenvalue weighted by atomic mass is 9.95. The van der Waals surface area contributed by atoms with Crippen LogP contribution in [0, 0.1) is 0 Å². The maximum absolute atomic E-state index is 5.72. The zero-order chi connectivity index (χ0) is 10.7. The van der Waals surface area contributed by atoms with Crippen molar-refractivity contribution in [2.75, 3.05) is 13.6 Å². The highest BCUT2D eigenvalue weighted by atomic mass is 14.8. The van der Waals surface area contributed by atoms with Crippen molar-refractivity contribution in [2.24, 2.45) is 0 Å². The van der Waals surface area contributed by atoms with Gasteiger partial charge in [-0.25, -0.2) is 0 Å². The quantitative estimate of drug-likeness (QED) is 0.734. The Hall–Kier alpha value is -1.35. The number of nitrogens with zero attached hydrogens (tertiary/aromatic N) is 1. The second-order valence-electron chi connectivity index (χ2n) is 3.61. The summed E-state index contributed by atoms with van der Waals surface area (Å²) < 4.78 is 0. The Kier molecular flexibility index (Phi) is 3.02. The first-order valence-corrected chi connectivity index (χ1v) is 5.09. The molecule has 1 aromatic heterocycles. The van der Waals surface area contributed by atoms with Crippen molar-refractivity contribution in [3.8, 4) is 0 Å². The topological polar surface area (TPSA) is 24.9 Å². The van der Waals surface area contributed by atoms with Crippen molar-refractivity contribution in [1.82, 2.24) is 10.3 Å². The van der Waals surface area contributed by atoms with E-state index in [1.165, 1.54) is 0 Å². The number of aromatic nitrogens is 1. The summed E-state index contributed by atoms with van der Waals surface area (Å²) in [5.41, 5.74) is 2.84. The molecule has 0 spiro atoms. The number of benzene rings is 1. The van der Waals surface area contributed by atoms with Crippen LogP contribution in [-0.2, 0) is 6.42 Å². The largest absolute Gasteiger partial charge is 0.319 e. The van der Waals surface area contributed by atoms with Crippen molar-refractivity contribution >= 4 is 24.2 Å². The Morgan fingerprint density at radius 1 is 1.27 bits per heavy atom. The van der Waals surface area contributed by atoms with Crippen LogP contribution in [0.2, 0.25) is 0 Å². The Morgan fingerprint density at radius 3 is 2.87 bits per heavy atom. The fraction of sp³-hybridized carbons (Fsp3) is 0.250. The fourth-order valence-corrected chi connectivity index (χ4v) is 1.57. The third-order valence-electron chi connectivity index (χ3n) is 2.40. The molecule has 1 N–H and O–H groups in total. The molecule has 0 aliphatic heterocycles. The third-order valence-corrected chi connectivity index (χ3v) is 2.40. The van der Waals surface area contributed by atoms with Gasteiger partial charge in [0.15, 0.2) is 0 Å². The summed E-state index contributed by atoms with van der Waals surface area (Å²) in [6.45, 7) is 0.945. The van der Waals surface area contributed by atoms with Gasteiger partial charge in [-0.2, -0.15) is 0 Å². The summed E-state index contributed by atoms with van der Waals surface area (Å²) in [7, 11) is 7.67. The Bertz CT molecular complexity index is 468. The van der Waals surface area contributed by atoms with Gasteiger partial charge in [0.1, 0.15) is 7.85 Å². The first-order valence-electron chi connectivity index (χ1n) is 5.09. The van der Waals surface area contributed by atoms with E-state index in [2.05, 4.69) is 22.4 Å². The van der Waals surface area contributed by atoms with E-state index in [0.717, 1.165) is 35.0 Å². The van der Waals surface area contributed by atoms with Gasteiger partial charge in [0.25, 0.3) is 0 Å². The van der Waals surface area contributed by atoms with Gasteiger partial charge in [-0.1, -0.05) is 23.7 Å². The summed E-state index contributed by atoms with van der Waals surface area (Å²) >= 11 is 0. The normalized spacial score (nSPS) is 10.7. The van der Waals surface area contributed by atoms with Crippen LogP contribution in [0.1, 0.15) is 5.69 Å². The molecular formula is C12H13BN2. The van der Waals surface area contributed by atoms with E-state index in [-0.39, 0.29) is 0 Å². The van der Waals surface area contributed by atoms with Crippen LogP contribution in [0.5, 0.6) is 0 Å². The summed E-state index contributed by atoms with van der Waals surface area (Å²) in [5, 5.41) is 4.25. The monoisotopic (exact) mass is 196 g/mol. The van der Waals surface area contributed by atoms with Crippen LogP contribution in [-0.4, -0.2) is 26.4 Å². The average molecular weight is 196 g/mol. The number of nitrogens with one attached hydrogen (secondary N) is 1. The van der Waals surface area contributed by atoms with Crippen LogP contribution in [0.3, 0.4) is 0 Å². The molecule has 0 atom stereocenters. The van der Waals surface area contributed by atoms with Crippen molar-refractivity contribution in [3.05, 3.63) is 36.0 Å². The highest BCUT2D eigenvalue weighted by molar-refractivity contribution is 6.33. The molecule has 0 unspecified atom stereocenters. The smallest absolute Gasteiger partial charge is 0.113 e. The molecule has 0 saturated heterocycles. The predicted octanol–water partition coefficient (Wildman–Crippen LogP) is 0.790. The van der Waals surface area contributed by atoms with Crippen LogP contribution < -0.4 is 10.8 Å². The lowest BCUT2D eigenvalue weighted by Gasteiger charge is -2.03. The van der Waals surface area contributed by atoms with E-state index < -0.39 is 0 Å². The number of hydrogen-bond donors (Lipinski definition) is 1. The van der Waals surface area contributed by atoms with E-state index in [4.69, 9.17) is 7.85 Å². The number of likely N-dealkylation sites (N-methyl/N-ethyl adjacent to an activating group) is 1. The molecule has 2 rings (SSSR count). The number of pyridine rings is 1. The summed E-state index contributed by atoms with van der Waals surface area (Å²) in [6.07, 6.45) is 0.946. The molecular weight excluding hydrogens is 183 g/mol. The second-order valence-corrected chi connectivity index (χ2v) is 3.61. The first kappa shape index (κ1) is 10.2. The molecule has 0 saturated carbocycles. The van der Waals surface area contributed by atoms with E-state index in [1.54, 1.807) is 0 Å². The molecule has 74 valence electrons. The molecule has 1 aromatic carbocycles. The average Bonchev–Trinajstić information content (AvgIpc) is 2.25. The molecule has 2 radical (unpaired) electrons. The molecule has 2 nitrogen and oxygen atoms in total.